The Bertz CT molecular complexity index is 1300. The van der Waals surface area contributed by atoms with Crippen molar-refractivity contribution in [2.75, 3.05) is 43.4 Å². The van der Waals surface area contributed by atoms with Gasteiger partial charge in [0.25, 0.3) is 5.91 Å². The smallest absolute Gasteiger partial charge is 0.256 e. The van der Waals surface area contributed by atoms with Crippen molar-refractivity contribution in [3.05, 3.63) is 70.4 Å². The van der Waals surface area contributed by atoms with E-state index in [0.29, 0.717) is 27.7 Å². The molecule has 0 spiro atoms. The largest absolute Gasteiger partial charge is 0.369 e. The molecule has 3 aromatic rings. The van der Waals surface area contributed by atoms with E-state index in [0.717, 1.165) is 31.9 Å². The summed E-state index contributed by atoms with van der Waals surface area (Å²) in [4.78, 5) is 17.6. The first-order valence-electron chi connectivity index (χ1n) is 11.0. The van der Waals surface area contributed by atoms with E-state index in [2.05, 4.69) is 32.4 Å². The topological polar surface area (TPSA) is 102 Å². The molecule has 0 aliphatic carbocycles. The number of nitrogens with one attached hydrogen (secondary N) is 2. The Morgan fingerprint density at radius 2 is 1.68 bits per heavy atom. The molecular formula is C23H25ClN6O3S. The van der Waals surface area contributed by atoms with Crippen LogP contribution in [0.4, 0.5) is 11.5 Å². The predicted molar refractivity (Wildman–Crippen MR) is 131 cm³/mol. The van der Waals surface area contributed by atoms with Gasteiger partial charge < -0.3 is 15.1 Å². The van der Waals surface area contributed by atoms with E-state index in [1.165, 1.54) is 16.4 Å². The third-order valence-electron chi connectivity index (χ3n) is 6.30. The van der Waals surface area contributed by atoms with E-state index in [1.54, 1.807) is 24.3 Å². The van der Waals surface area contributed by atoms with Crippen LogP contribution in [-0.4, -0.2) is 67.0 Å². The lowest BCUT2D eigenvalue weighted by molar-refractivity contribution is 0.102. The standard InChI is InChI=1S/C23H25ClN6O3S/c1-28-10-12-29(13-11-28)18-6-2-16(3-7-18)23(31)25-22-20-14-30(15-21(20)26-27-22)34(32,33)19-8-4-17(24)5-9-19/h2-9H,10-15H2,1H3,(H2,25,26,27,31). The van der Waals surface area contributed by atoms with Crippen molar-refractivity contribution in [3.63, 3.8) is 0 Å². The number of amides is 1. The number of sulfonamides is 1. The summed E-state index contributed by atoms with van der Waals surface area (Å²) in [5, 5.41) is 10.3. The number of benzene rings is 2. The molecule has 1 fully saturated rings. The lowest BCUT2D eigenvalue weighted by Gasteiger charge is -2.34. The summed E-state index contributed by atoms with van der Waals surface area (Å²) in [5.74, 6) is 0.0511. The minimum atomic E-state index is -3.70. The number of likely N-dealkylation sites (N-methyl/N-ethyl adjacent to an activating group) is 1. The minimum Gasteiger partial charge on any atom is -0.369 e. The lowest BCUT2D eigenvalue weighted by atomic mass is 10.1. The van der Waals surface area contributed by atoms with Gasteiger partial charge in [0, 0.05) is 54.6 Å². The molecule has 178 valence electrons. The molecule has 0 saturated carbocycles. The fourth-order valence-electron chi connectivity index (χ4n) is 4.21. The zero-order chi connectivity index (χ0) is 23.9. The SMILES string of the molecule is CN1CCN(c2ccc(C(=O)Nc3n[nH]c4c3CN(S(=O)(=O)c3ccc(Cl)cc3)C4)cc2)CC1. The number of nitrogens with zero attached hydrogens (tertiary/aromatic N) is 4. The molecule has 1 saturated heterocycles. The Labute approximate surface area is 203 Å². The van der Waals surface area contributed by atoms with Crippen LogP contribution in [0.25, 0.3) is 0 Å². The molecule has 2 N–H and O–H groups in total. The van der Waals surface area contributed by atoms with Gasteiger partial charge in [0.2, 0.25) is 10.0 Å². The molecule has 9 nitrogen and oxygen atoms in total. The first kappa shape index (κ1) is 22.9. The van der Waals surface area contributed by atoms with Crippen LogP contribution in [0.1, 0.15) is 21.6 Å². The van der Waals surface area contributed by atoms with Gasteiger partial charge in [-0.1, -0.05) is 11.6 Å². The molecule has 0 unspecified atom stereocenters. The number of H-pyrrole nitrogens is 1. The molecule has 0 atom stereocenters. The van der Waals surface area contributed by atoms with Crippen molar-refractivity contribution in [3.8, 4) is 0 Å². The van der Waals surface area contributed by atoms with Gasteiger partial charge in [0.1, 0.15) is 0 Å². The second-order valence-electron chi connectivity index (χ2n) is 8.55. The normalized spacial score (nSPS) is 17.1. The Morgan fingerprint density at radius 3 is 2.35 bits per heavy atom. The number of rotatable bonds is 5. The highest BCUT2D eigenvalue weighted by Gasteiger charge is 2.34. The Hall–Kier alpha value is -2.92. The maximum absolute atomic E-state index is 13.0. The third-order valence-corrected chi connectivity index (χ3v) is 8.36. The molecule has 34 heavy (non-hydrogen) atoms. The van der Waals surface area contributed by atoms with Crippen LogP contribution in [0, 0.1) is 0 Å². The van der Waals surface area contributed by atoms with Crippen LogP contribution in [0.2, 0.25) is 5.02 Å². The Balaban J connectivity index is 1.26. The molecule has 11 heteroatoms. The van der Waals surface area contributed by atoms with Crippen LogP contribution in [0.15, 0.2) is 53.4 Å². The molecule has 1 aromatic heterocycles. The number of aromatic amines is 1. The highest BCUT2D eigenvalue weighted by atomic mass is 35.5. The Kier molecular flexibility index (Phi) is 6.07. The lowest BCUT2D eigenvalue weighted by Crippen LogP contribution is -2.44. The van der Waals surface area contributed by atoms with Crippen LogP contribution in [0.3, 0.4) is 0 Å². The summed E-state index contributed by atoms with van der Waals surface area (Å²) in [6.07, 6.45) is 0. The van der Waals surface area contributed by atoms with Crippen molar-refractivity contribution in [1.82, 2.24) is 19.4 Å². The molecule has 0 bridgehead atoms. The summed E-state index contributed by atoms with van der Waals surface area (Å²) in [7, 11) is -1.59. The first-order chi connectivity index (χ1) is 16.3. The second kappa shape index (κ2) is 9.03. The zero-order valence-corrected chi connectivity index (χ0v) is 20.2. The van der Waals surface area contributed by atoms with Crippen molar-refractivity contribution in [2.24, 2.45) is 0 Å². The van der Waals surface area contributed by atoms with Gasteiger partial charge in [-0.15, -0.1) is 0 Å². The van der Waals surface area contributed by atoms with E-state index >= 15 is 0 Å². The summed E-state index contributed by atoms with van der Waals surface area (Å²) in [5.41, 5.74) is 2.94. The number of hydrogen-bond acceptors (Lipinski definition) is 6. The molecule has 2 aliphatic heterocycles. The van der Waals surface area contributed by atoms with Gasteiger partial charge >= 0.3 is 0 Å². The van der Waals surface area contributed by atoms with Crippen LogP contribution < -0.4 is 10.2 Å². The molecule has 2 aliphatic rings. The summed E-state index contributed by atoms with van der Waals surface area (Å²) in [6, 6.07) is 13.6. The number of fused-ring (bicyclic) bond motifs is 1. The number of carbonyl (C=O) groups is 1. The van der Waals surface area contributed by atoms with Crippen LogP contribution in [0.5, 0.6) is 0 Å². The number of piperazine rings is 1. The van der Waals surface area contributed by atoms with Gasteiger partial charge in [-0.2, -0.15) is 9.40 Å². The van der Waals surface area contributed by atoms with Gasteiger partial charge in [-0.25, -0.2) is 8.42 Å². The highest BCUT2D eigenvalue weighted by molar-refractivity contribution is 7.89. The number of hydrogen-bond donors (Lipinski definition) is 2. The third kappa shape index (κ3) is 4.41. The average molecular weight is 501 g/mol. The van der Waals surface area contributed by atoms with Crippen LogP contribution >= 0.6 is 11.6 Å². The second-order valence-corrected chi connectivity index (χ2v) is 10.9. The zero-order valence-electron chi connectivity index (χ0n) is 18.7. The van der Waals surface area contributed by atoms with Crippen molar-refractivity contribution < 1.29 is 13.2 Å². The quantitative estimate of drug-likeness (QED) is 0.558. The molecule has 1 amide bonds. The van der Waals surface area contributed by atoms with E-state index < -0.39 is 10.0 Å². The summed E-state index contributed by atoms with van der Waals surface area (Å²) >= 11 is 5.88. The van der Waals surface area contributed by atoms with Crippen molar-refractivity contribution in [1.29, 1.82) is 0 Å². The van der Waals surface area contributed by atoms with Gasteiger partial charge in [-0.05, 0) is 55.6 Å². The molecule has 2 aromatic carbocycles. The van der Waals surface area contributed by atoms with E-state index in [-0.39, 0.29) is 23.9 Å². The number of halogens is 1. The number of aromatic nitrogens is 2. The van der Waals surface area contributed by atoms with Crippen molar-refractivity contribution in [2.45, 2.75) is 18.0 Å². The van der Waals surface area contributed by atoms with Gasteiger partial charge in [-0.3, -0.25) is 9.89 Å². The predicted octanol–water partition coefficient (Wildman–Crippen LogP) is 2.77. The van der Waals surface area contributed by atoms with E-state index in [1.807, 2.05) is 12.1 Å². The van der Waals surface area contributed by atoms with Gasteiger partial charge in [0.05, 0.1) is 17.1 Å². The van der Waals surface area contributed by atoms with Gasteiger partial charge in [0.15, 0.2) is 5.82 Å². The monoisotopic (exact) mass is 500 g/mol. The number of carbonyl (C=O) groups excluding carboxylic acids is 1. The molecule has 3 heterocycles. The summed E-state index contributed by atoms with van der Waals surface area (Å²) in [6.45, 7) is 4.21. The van der Waals surface area contributed by atoms with E-state index in [9.17, 15) is 13.2 Å². The maximum atomic E-state index is 13.0. The fraction of sp³-hybridized carbons (Fsp3) is 0.304. The van der Waals surface area contributed by atoms with Crippen LogP contribution in [-0.2, 0) is 23.1 Å². The molecule has 5 rings (SSSR count). The Morgan fingerprint density at radius 1 is 1.00 bits per heavy atom. The highest BCUT2D eigenvalue weighted by Crippen LogP contribution is 2.32. The summed E-state index contributed by atoms with van der Waals surface area (Å²) < 4.78 is 27.4. The number of anilines is 2. The molecular weight excluding hydrogens is 476 g/mol. The van der Waals surface area contributed by atoms with Crippen molar-refractivity contribution >= 4 is 39.0 Å². The average Bonchev–Trinajstić information content (AvgIpc) is 3.42. The maximum Gasteiger partial charge on any atom is 0.256 e. The molecule has 0 radical (unpaired) electrons. The minimum absolute atomic E-state index is 0.120. The fourth-order valence-corrected chi connectivity index (χ4v) is 5.71. The first-order valence-corrected chi connectivity index (χ1v) is 12.8. The van der Waals surface area contributed by atoms with E-state index in [4.69, 9.17) is 11.6 Å².